The molecular weight excluding hydrogens is 310 g/mol. The van der Waals surface area contributed by atoms with E-state index in [9.17, 15) is 9.59 Å². The SMILES string of the molecule is CCOC(=O)O[C@@H]1CC(C)=CC[C@]12N=C(c1ccccc1)OC2=O. The van der Waals surface area contributed by atoms with Gasteiger partial charge in [-0.25, -0.2) is 14.6 Å². The van der Waals surface area contributed by atoms with Gasteiger partial charge in [0.2, 0.25) is 11.4 Å². The number of carbonyl (C=O) groups excluding carboxylic acids is 2. The topological polar surface area (TPSA) is 74.2 Å². The summed E-state index contributed by atoms with van der Waals surface area (Å²) in [6, 6.07) is 9.19. The molecule has 6 heteroatoms. The largest absolute Gasteiger partial charge is 0.508 e. The number of hydrogen-bond acceptors (Lipinski definition) is 6. The minimum atomic E-state index is -1.24. The van der Waals surface area contributed by atoms with E-state index >= 15 is 0 Å². The van der Waals surface area contributed by atoms with Crippen LogP contribution in [-0.4, -0.2) is 36.3 Å². The van der Waals surface area contributed by atoms with E-state index < -0.39 is 23.8 Å². The van der Waals surface area contributed by atoms with Crippen molar-refractivity contribution in [2.75, 3.05) is 6.61 Å². The van der Waals surface area contributed by atoms with Crippen molar-refractivity contribution in [3.63, 3.8) is 0 Å². The molecule has 1 heterocycles. The fourth-order valence-electron chi connectivity index (χ4n) is 2.88. The van der Waals surface area contributed by atoms with Gasteiger partial charge in [-0.05, 0) is 26.0 Å². The molecule has 3 rings (SSSR count). The summed E-state index contributed by atoms with van der Waals surface area (Å²) in [6.45, 7) is 3.82. The zero-order valence-corrected chi connectivity index (χ0v) is 13.7. The van der Waals surface area contributed by atoms with Gasteiger partial charge in [0, 0.05) is 18.4 Å². The van der Waals surface area contributed by atoms with Gasteiger partial charge >= 0.3 is 12.1 Å². The second-order valence-corrected chi connectivity index (χ2v) is 5.84. The summed E-state index contributed by atoms with van der Waals surface area (Å²) in [4.78, 5) is 28.9. The van der Waals surface area contributed by atoms with Crippen LogP contribution < -0.4 is 0 Å². The maximum atomic E-state index is 12.6. The van der Waals surface area contributed by atoms with Gasteiger partial charge in [-0.15, -0.1) is 0 Å². The van der Waals surface area contributed by atoms with Crippen molar-refractivity contribution in [3.8, 4) is 0 Å². The second-order valence-electron chi connectivity index (χ2n) is 5.84. The predicted molar refractivity (Wildman–Crippen MR) is 86.7 cm³/mol. The first-order chi connectivity index (χ1) is 11.5. The lowest BCUT2D eigenvalue weighted by Gasteiger charge is -2.33. The summed E-state index contributed by atoms with van der Waals surface area (Å²) < 4.78 is 15.6. The van der Waals surface area contributed by atoms with Gasteiger partial charge in [0.15, 0.2) is 0 Å². The normalized spacial score (nSPS) is 25.8. The van der Waals surface area contributed by atoms with E-state index in [1.165, 1.54) is 0 Å². The Labute approximate surface area is 140 Å². The lowest BCUT2D eigenvalue weighted by atomic mass is 9.81. The third-order valence-corrected chi connectivity index (χ3v) is 4.17. The standard InChI is InChI=1S/C18H19NO5/c1-3-22-17(21)23-14-11-12(2)9-10-18(14)16(20)24-15(19-18)13-7-5-4-6-8-13/h4-9,14H,3,10-11H2,1-2H3/t14-,18+/m1/s1. The van der Waals surface area contributed by atoms with Crippen LogP contribution in [-0.2, 0) is 19.0 Å². The molecule has 6 nitrogen and oxygen atoms in total. The van der Waals surface area contributed by atoms with Gasteiger partial charge in [-0.2, -0.15) is 0 Å². The minimum Gasteiger partial charge on any atom is -0.435 e. The number of ether oxygens (including phenoxy) is 3. The number of hydrogen-bond donors (Lipinski definition) is 0. The van der Waals surface area contributed by atoms with E-state index in [4.69, 9.17) is 14.2 Å². The van der Waals surface area contributed by atoms with E-state index in [0.29, 0.717) is 18.4 Å². The molecule has 126 valence electrons. The molecule has 0 N–H and O–H groups in total. The average Bonchev–Trinajstić information content (AvgIpc) is 2.90. The highest BCUT2D eigenvalue weighted by atomic mass is 16.7. The molecule has 1 aromatic rings. The Balaban J connectivity index is 1.94. The van der Waals surface area contributed by atoms with Crippen LogP contribution in [0.1, 0.15) is 32.3 Å². The van der Waals surface area contributed by atoms with Gasteiger partial charge in [0.1, 0.15) is 6.10 Å². The van der Waals surface area contributed by atoms with E-state index in [1.807, 2.05) is 43.3 Å². The third kappa shape index (κ3) is 2.91. The summed E-state index contributed by atoms with van der Waals surface area (Å²) in [6.07, 6.45) is 1.14. The van der Waals surface area contributed by atoms with E-state index in [1.54, 1.807) is 6.92 Å². The highest BCUT2D eigenvalue weighted by molar-refractivity contribution is 6.08. The Morgan fingerprint density at radius 3 is 2.83 bits per heavy atom. The van der Waals surface area contributed by atoms with Gasteiger partial charge < -0.3 is 14.2 Å². The number of benzene rings is 1. The van der Waals surface area contributed by atoms with Crippen LogP contribution in [0.3, 0.4) is 0 Å². The molecule has 0 aromatic heterocycles. The molecule has 24 heavy (non-hydrogen) atoms. The maximum absolute atomic E-state index is 12.6. The lowest BCUT2D eigenvalue weighted by Crippen LogP contribution is -2.49. The molecule has 0 saturated carbocycles. The molecule has 2 atom stereocenters. The maximum Gasteiger partial charge on any atom is 0.508 e. The molecular formula is C18H19NO5. The fourth-order valence-corrected chi connectivity index (χ4v) is 2.88. The van der Waals surface area contributed by atoms with Crippen LogP contribution in [0.15, 0.2) is 47.0 Å². The van der Waals surface area contributed by atoms with Crippen molar-refractivity contribution in [1.82, 2.24) is 0 Å². The van der Waals surface area contributed by atoms with Gasteiger partial charge in [0.25, 0.3) is 0 Å². The van der Waals surface area contributed by atoms with Gasteiger partial charge in [0.05, 0.1) is 6.61 Å². The highest BCUT2D eigenvalue weighted by Crippen LogP contribution is 2.38. The summed E-state index contributed by atoms with van der Waals surface area (Å²) in [7, 11) is 0. The van der Waals surface area contributed by atoms with Crippen LogP contribution in [0.4, 0.5) is 4.79 Å². The van der Waals surface area contributed by atoms with Crippen LogP contribution >= 0.6 is 0 Å². The fraction of sp³-hybridized carbons (Fsp3) is 0.389. The number of carbonyl (C=O) groups is 2. The predicted octanol–water partition coefficient (Wildman–Crippen LogP) is 3.01. The Morgan fingerprint density at radius 1 is 1.38 bits per heavy atom. The number of esters is 1. The molecule has 1 aliphatic carbocycles. The molecule has 2 aliphatic rings. The van der Waals surface area contributed by atoms with E-state index in [0.717, 1.165) is 5.57 Å². The van der Waals surface area contributed by atoms with Crippen molar-refractivity contribution in [2.45, 2.75) is 38.3 Å². The van der Waals surface area contributed by atoms with Crippen molar-refractivity contribution in [1.29, 1.82) is 0 Å². The Bertz CT molecular complexity index is 709. The molecule has 0 unspecified atom stereocenters. The smallest absolute Gasteiger partial charge is 0.435 e. The monoisotopic (exact) mass is 329 g/mol. The zero-order chi connectivity index (χ0) is 17.2. The molecule has 0 radical (unpaired) electrons. The Morgan fingerprint density at radius 2 is 2.12 bits per heavy atom. The van der Waals surface area contributed by atoms with E-state index in [-0.39, 0.29) is 12.5 Å². The first kappa shape index (κ1) is 16.2. The van der Waals surface area contributed by atoms with Crippen molar-refractivity contribution >= 4 is 18.0 Å². The van der Waals surface area contributed by atoms with Crippen molar-refractivity contribution in [3.05, 3.63) is 47.5 Å². The van der Waals surface area contributed by atoms with Crippen molar-refractivity contribution in [2.24, 2.45) is 4.99 Å². The first-order valence-corrected chi connectivity index (χ1v) is 7.92. The number of nitrogens with zero attached hydrogens (tertiary/aromatic N) is 1. The van der Waals surface area contributed by atoms with Crippen LogP contribution in [0, 0.1) is 0 Å². The van der Waals surface area contributed by atoms with Gasteiger partial charge in [-0.1, -0.05) is 29.8 Å². The molecule has 0 fully saturated rings. The molecule has 1 spiro atoms. The van der Waals surface area contributed by atoms with E-state index in [2.05, 4.69) is 4.99 Å². The summed E-state index contributed by atoms with van der Waals surface area (Å²) in [5, 5.41) is 0. The van der Waals surface area contributed by atoms with Crippen LogP contribution in [0.5, 0.6) is 0 Å². The summed E-state index contributed by atoms with van der Waals surface area (Å²) in [5.41, 5.74) is 0.507. The molecule has 0 saturated heterocycles. The second kappa shape index (κ2) is 6.47. The van der Waals surface area contributed by atoms with Crippen LogP contribution in [0.25, 0.3) is 0 Å². The lowest BCUT2D eigenvalue weighted by molar-refractivity contribution is -0.143. The van der Waals surface area contributed by atoms with Crippen LogP contribution in [0.2, 0.25) is 0 Å². The average molecular weight is 329 g/mol. The summed E-state index contributed by atoms with van der Waals surface area (Å²) >= 11 is 0. The Kier molecular flexibility index (Phi) is 4.38. The quantitative estimate of drug-likeness (QED) is 0.629. The molecule has 0 bridgehead atoms. The van der Waals surface area contributed by atoms with Gasteiger partial charge in [-0.3, -0.25) is 0 Å². The molecule has 1 aromatic carbocycles. The first-order valence-electron chi connectivity index (χ1n) is 7.92. The number of aliphatic imine (C=N–C) groups is 1. The summed E-state index contributed by atoms with van der Waals surface area (Å²) in [5.74, 6) is -0.245. The molecule has 1 aliphatic heterocycles. The zero-order valence-electron chi connectivity index (χ0n) is 13.7. The highest BCUT2D eigenvalue weighted by Gasteiger charge is 2.55. The van der Waals surface area contributed by atoms with Crippen molar-refractivity contribution < 1.29 is 23.8 Å². The third-order valence-electron chi connectivity index (χ3n) is 4.17. The minimum absolute atomic E-state index is 0.205. The Hall–Kier alpha value is -2.63. The number of cyclic esters (lactones) is 1. The molecule has 0 amide bonds. The number of rotatable bonds is 3.